The maximum atomic E-state index is 12.0. The van der Waals surface area contributed by atoms with Crippen molar-refractivity contribution in [2.45, 2.75) is 52.2 Å². The predicted octanol–water partition coefficient (Wildman–Crippen LogP) is 1.91. The number of hydrogen-bond donors (Lipinski definition) is 0. The first-order valence-corrected chi connectivity index (χ1v) is 7.51. The molecule has 114 valence electrons. The number of rotatable bonds is 3. The van der Waals surface area contributed by atoms with Gasteiger partial charge in [-0.1, -0.05) is 0 Å². The van der Waals surface area contributed by atoms with E-state index in [0.29, 0.717) is 31.3 Å². The molecule has 0 aromatic carbocycles. The Morgan fingerprint density at radius 1 is 1.20 bits per heavy atom. The minimum Gasteiger partial charge on any atom is -0.444 e. The second-order valence-electron chi connectivity index (χ2n) is 6.99. The Kier molecular flexibility index (Phi) is 4.37. The molecular weight excluding hydrogens is 256 g/mol. The minimum atomic E-state index is -0.459. The van der Waals surface area contributed by atoms with E-state index in [0.717, 1.165) is 19.4 Å². The fraction of sp³-hybridized carbons (Fsp3) is 0.867. The van der Waals surface area contributed by atoms with Crippen LogP contribution in [0.4, 0.5) is 4.79 Å². The van der Waals surface area contributed by atoms with Crippen molar-refractivity contribution in [3.05, 3.63) is 0 Å². The molecule has 2 rings (SSSR count). The molecule has 1 amide bonds. The maximum Gasteiger partial charge on any atom is 0.410 e. The lowest BCUT2D eigenvalue weighted by Crippen LogP contribution is -2.55. The summed E-state index contributed by atoms with van der Waals surface area (Å²) in [5.41, 5.74) is -0.459. The predicted molar refractivity (Wildman–Crippen MR) is 76.6 cm³/mol. The van der Waals surface area contributed by atoms with Gasteiger partial charge in [0.2, 0.25) is 0 Å². The van der Waals surface area contributed by atoms with Crippen molar-refractivity contribution in [2.24, 2.45) is 5.92 Å². The Labute approximate surface area is 121 Å². The second-order valence-corrected chi connectivity index (χ2v) is 6.99. The van der Waals surface area contributed by atoms with E-state index in [1.807, 2.05) is 20.8 Å². The molecule has 2 aliphatic rings. The summed E-state index contributed by atoms with van der Waals surface area (Å²) < 4.78 is 5.39. The number of ether oxygens (including phenoxy) is 1. The third kappa shape index (κ3) is 4.20. The first-order valence-electron chi connectivity index (χ1n) is 7.51. The number of carbonyl (C=O) groups is 2. The molecule has 1 atom stereocenters. The fourth-order valence-corrected chi connectivity index (χ4v) is 2.46. The van der Waals surface area contributed by atoms with E-state index in [-0.39, 0.29) is 12.1 Å². The number of piperazine rings is 1. The van der Waals surface area contributed by atoms with Gasteiger partial charge in [0, 0.05) is 31.6 Å². The van der Waals surface area contributed by atoms with E-state index in [9.17, 15) is 9.59 Å². The van der Waals surface area contributed by atoms with Crippen LogP contribution in [0, 0.1) is 5.92 Å². The van der Waals surface area contributed by atoms with E-state index in [1.54, 1.807) is 4.90 Å². The van der Waals surface area contributed by atoms with Crippen molar-refractivity contribution in [3.8, 4) is 0 Å². The van der Waals surface area contributed by atoms with Crippen LogP contribution in [0.1, 0.15) is 40.5 Å². The molecule has 1 heterocycles. The largest absolute Gasteiger partial charge is 0.444 e. The Morgan fingerprint density at radius 2 is 1.85 bits per heavy atom. The Bertz CT molecular complexity index is 385. The highest BCUT2D eigenvalue weighted by Crippen LogP contribution is 2.30. The molecular formula is C15H26N2O3. The minimum absolute atomic E-state index is 0.207. The van der Waals surface area contributed by atoms with Gasteiger partial charge in [0.05, 0.1) is 6.54 Å². The van der Waals surface area contributed by atoms with Crippen LogP contribution in [0.25, 0.3) is 0 Å². The summed E-state index contributed by atoms with van der Waals surface area (Å²) in [6.07, 6.45) is 1.87. The molecule has 0 aromatic heterocycles. The smallest absolute Gasteiger partial charge is 0.410 e. The summed E-state index contributed by atoms with van der Waals surface area (Å²) in [7, 11) is 0. The standard InChI is InChI=1S/C15H26N2O3/c1-11-9-17(14(19)20-15(2,3)4)8-7-16(11)10-13(18)12-5-6-12/h11-12H,5-10H2,1-4H3/t11-/m1/s1. The van der Waals surface area contributed by atoms with Gasteiger partial charge in [0.25, 0.3) is 0 Å². The summed E-state index contributed by atoms with van der Waals surface area (Å²) in [5, 5.41) is 0. The Balaban J connectivity index is 1.82. The van der Waals surface area contributed by atoms with Crippen LogP contribution >= 0.6 is 0 Å². The summed E-state index contributed by atoms with van der Waals surface area (Å²) in [6.45, 7) is 10.2. The van der Waals surface area contributed by atoms with Crippen LogP contribution in [0.2, 0.25) is 0 Å². The lowest BCUT2D eigenvalue weighted by molar-refractivity contribution is -0.122. The number of Topliss-reactive ketones (excluding diaryl/α,β-unsaturated/α-hetero) is 1. The molecule has 0 spiro atoms. The molecule has 0 radical (unpaired) electrons. The van der Waals surface area contributed by atoms with Crippen LogP contribution < -0.4 is 0 Å². The van der Waals surface area contributed by atoms with Crippen LogP contribution in [0.15, 0.2) is 0 Å². The highest BCUT2D eigenvalue weighted by Gasteiger charge is 2.34. The Hall–Kier alpha value is -1.10. The quantitative estimate of drug-likeness (QED) is 0.793. The highest BCUT2D eigenvalue weighted by atomic mass is 16.6. The zero-order valence-corrected chi connectivity index (χ0v) is 13.0. The van der Waals surface area contributed by atoms with Crippen molar-refractivity contribution in [1.29, 1.82) is 0 Å². The van der Waals surface area contributed by atoms with E-state index < -0.39 is 5.60 Å². The molecule has 1 saturated heterocycles. The van der Waals surface area contributed by atoms with Gasteiger partial charge in [0.15, 0.2) is 0 Å². The molecule has 1 saturated carbocycles. The van der Waals surface area contributed by atoms with E-state index in [1.165, 1.54) is 0 Å². The van der Waals surface area contributed by atoms with E-state index in [2.05, 4.69) is 11.8 Å². The summed E-state index contributed by atoms with van der Waals surface area (Å²) in [5.74, 6) is 0.675. The highest BCUT2D eigenvalue weighted by molar-refractivity contribution is 5.85. The zero-order chi connectivity index (χ0) is 14.9. The third-order valence-corrected chi connectivity index (χ3v) is 3.81. The average Bonchev–Trinajstić information content (AvgIpc) is 3.13. The van der Waals surface area contributed by atoms with E-state index in [4.69, 9.17) is 4.74 Å². The van der Waals surface area contributed by atoms with Crippen LogP contribution in [0.5, 0.6) is 0 Å². The molecule has 1 aliphatic carbocycles. The fourth-order valence-electron chi connectivity index (χ4n) is 2.46. The summed E-state index contributed by atoms with van der Waals surface area (Å²) in [6, 6.07) is 0.207. The van der Waals surface area contributed by atoms with Gasteiger partial charge in [-0.25, -0.2) is 4.79 Å². The number of hydrogen-bond acceptors (Lipinski definition) is 4. The van der Waals surface area contributed by atoms with Crippen molar-refractivity contribution >= 4 is 11.9 Å². The van der Waals surface area contributed by atoms with Crippen LogP contribution in [0.3, 0.4) is 0 Å². The van der Waals surface area contributed by atoms with E-state index >= 15 is 0 Å². The molecule has 20 heavy (non-hydrogen) atoms. The van der Waals surface area contributed by atoms with Gasteiger partial charge in [-0.2, -0.15) is 0 Å². The van der Waals surface area contributed by atoms with Crippen molar-refractivity contribution < 1.29 is 14.3 Å². The topological polar surface area (TPSA) is 49.9 Å². The van der Waals surface area contributed by atoms with Crippen LogP contribution in [-0.2, 0) is 9.53 Å². The van der Waals surface area contributed by atoms with Crippen LogP contribution in [-0.4, -0.2) is 59.5 Å². The maximum absolute atomic E-state index is 12.0. The van der Waals surface area contributed by atoms with Crippen molar-refractivity contribution in [1.82, 2.24) is 9.80 Å². The lowest BCUT2D eigenvalue weighted by Gasteiger charge is -2.39. The third-order valence-electron chi connectivity index (χ3n) is 3.81. The Morgan fingerprint density at radius 3 is 2.35 bits per heavy atom. The lowest BCUT2D eigenvalue weighted by atomic mass is 10.1. The molecule has 5 heteroatoms. The van der Waals surface area contributed by atoms with Gasteiger partial charge in [-0.3, -0.25) is 9.69 Å². The molecule has 2 fully saturated rings. The summed E-state index contributed by atoms with van der Waals surface area (Å²) >= 11 is 0. The zero-order valence-electron chi connectivity index (χ0n) is 13.0. The molecule has 5 nitrogen and oxygen atoms in total. The average molecular weight is 282 g/mol. The van der Waals surface area contributed by atoms with Gasteiger partial charge in [0.1, 0.15) is 11.4 Å². The van der Waals surface area contributed by atoms with Gasteiger partial charge in [-0.15, -0.1) is 0 Å². The van der Waals surface area contributed by atoms with Gasteiger partial charge < -0.3 is 9.64 Å². The second kappa shape index (κ2) is 5.72. The number of nitrogens with zero attached hydrogens (tertiary/aromatic N) is 2. The monoisotopic (exact) mass is 282 g/mol. The van der Waals surface area contributed by atoms with Crippen molar-refractivity contribution in [3.63, 3.8) is 0 Å². The molecule has 1 aliphatic heterocycles. The van der Waals surface area contributed by atoms with Crippen molar-refractivity contribution in [2.75, 3.05) is 26.2 Å². The number of carbonyl (C=O) groups excluding carboxylic acids is 2. The normalized spacial score (nSPS) is 24.6. The molecule has 0 aromatic rings. The molecule has 0 bridgehead atoms. The molecule has 0 unspecified atom stereocenters. The first-order chi connectivity index (χ1) is 9.26. The molecule has 0 N–H and O–H groups in total. The van der Waals surface area contributed by atoms with Gasteiger partial charge in [-0.05, 0) is 40.5 Å². The first kappa shape index (κ1) is 15.3. The summed E-state index contributed by atoms with van der Waals surface area (Å²) in [4.78, 5) is 27.8. The van der Waals surface area contributed by atoms with Gasteiger partial charge >= 0.3 is 6.09 Å². The SMILES string of the molecule is C[C@@H]1CN(C(=O)OC(C)(C)C)CCN1CC(=O)C1CC1. The number of amides is 1. The number of ketones is 1.